The molecule has 0 aliphatic heterocycles. The van der Waals surface area contributed by atoms with E-state index in [-0.39, 0.29) is 23.6 Å². The average Bonchev–Trinajstić information content (AvgIpc) is 2.52. The monoisotopic (exact) mass is 314 g/mol. The second kappa shape index (κ2) is 7.17. The van der Waals surface area contributed by atoms with Gasteiger partial charge in [0.2, 0.25) is 0 Å². The number of benzene rings is 2. The van der Waals surface area contributed by atoms with Crippen molar-refractivity contribution in [3.63, 3.8) is 0 Å². The second-order valence-electron chi connectivity index (χ2n) is 4.80. The van der Waals surface area contributed by atoms with Crippen LogP contribution in [0.25, 0.3) is 0 Å². The highest BCUT2D eigenvalue weighted by molar-refractivity contribution is 5.92. The molecule has 0 radical (unpaired) electrons. The number of amides is 1. The molecular weight excluding hydrogens is 300 g/mol. The number of carbonyl (C=O) groups excluding carboxylic acids is 2. The summed E-state index contributed by atoms with van der Waals surface area (Å²) in [5, 5.41) is 13.3. The minimum atomic E-state index is -0.610. The lowest BCUT2D eigenvalue weighted by Gasteiger charge is -2.09. The first-order valence-electron chi connectivity index (χ1n) is 6.72. The molecule has 0 heterocycles. The molecule has 2 rings (SSSR count). The number of hydrogen-bond donors (Lipinski definition) is 1. The zero-order chi connectivity index (χ0) is 16.8. The lowest BCUT2D eigenvalue weighted by molar-refractivity contribution is -0.384. The largest absolute Gasteiger partial charge is 0.483 e. The summed E-state index contributed by atoms with van der Waals surface area (Å²) in [6, 6.07) is 10.9. The molecular formula is C16H14N2O5. The second-order valence-corrected chi connectivity index (χ2v) is 4.80. The smallest absolute Gasteiger partial charge is 0.270 e. The zero-order valence-electron chi connectivity index (χ0n) is 12.3. The van der Waals surface area contributed by atoms with Gasteiger partial charge in [-0.05, 0) is 30.7 Å². The van der Waals surface area contributed by atoms with Crippen molar-refractivity contribution in [2.45, 2.75) is 6.92 Å². The Balaban J connectivity index is 2.01. The molecule has 118 valence electrons. The third-order valence-electron chi connectivity index (χ3n) is 2.99. The van der Waals surface area contributed by atoms with Crippen molar-refractivity contribution >= 4 is 23.6 Å². The Labute approximate surface area is 132 Å². The van der Waals surface area contributed by atoms with E-state index in [0.29, 0.717) is 12.0 Å². The zero-order valence-corrected chi connectivity index (χ0v) is 12.3. The first-order valence-corrected chi connectivity index (χ1v) is 6.72. The van der Waals surface area contributed by atoms with Crippen LogP contribution < -0.4 is 10.1 Å². The Morgan fingerprint density at radius 3 is 2.74 bits per heavy atom. The summed E-state index contributed by atoms with van der Waals surface area (Å²) in [4.78, 5) is 32.9. The number of nitro benzene ring substituents is 1. The average molecular weight is 314 g/mol. The number of nitrogens with zero attached hydrogens (tertiary/aromatic N) is 1. The lowest BCUT2D eigenvalue weighted by Crippen LogP contribution is -2.20. The maximum atomic E-state index is 11.8. The molecule has 2 aromatic carbocycles. The number of rotatable bonds is 6. The summed E-state index contributed by atoms with van der Waals surface area (Å²) >= 11 is 0. The summed E-state index contributed by atoms with van der Waals surface area (Å²) in [7, 11) is 0. The van der Waals surface area contributed by atoms with Crippen LogP contribution >= 0.6 is 0 Å². The summed E-state index contributed by atoms with van der Waals surface area (Å²) < 4.78 is 5.26. The normalized spacial score (nSPS) is 9.96. The van der Waals surface area contributed by atoms with Crippen LogP contribution in [-0.4, -0.2) is 23.7 Å². The van der Waals surface area contributed by atoms with E-state index in [1.807, 2.05) is 19.1 Å². The van der Waals surface area contributed by atoms with E-state index in [2.05, 4.69) is 5.32 Å². The number of nitro groups is 1. The summed E-state index contributed by atoms with van der Waals surface area (Å²) in [6.07, 6.45) is 0.445. The molecule has 0 aliphatic carbocycles. The van der Waals surface area contributed by atoms with E-state index in [4.69, 9.17) is 4.74 Å². The number of nitrogens with one attached hydrogen (secondary N) is 1. The van der Waals surface area contributed by atoms with Crippen molar-refractivity contribution in [3.8, 4) is 5.75 Å². The molecule has 0 aromatic heterocycles. The number of aryl methyl sites for hydroxylation is 1. The van der Waals surface area contributed by atoms with Gasteiger partial charge < -0.3 is 10.1 Å². The van der Waals surface area contributed by atoms with Crippen molar-refractivity contribution in [1.82, 2.24) is 0 Å². The molecule has 23 heavy (non-hydrogen) atoms. The predicted molar refractivity (Wildman–Crippen MR) is 83.8 cm³/mol. The Bertz CT molecular complexity index is 758. The van der Waals surface area contributed by atoms with Crippen LogP contribution in [0.5, 0.6) is 5.75 Å². The van der Waals surface area contributed by atoms with Gasteiger partial charge in [-0.1, -0.05) is 12.1 Å². The Hall–Kier alpha value is -3.22. The minimum absolute atomic E-state index is 0.0163. The minimum Gasteiger partial charge on any atom is -0.483 e. The molecule has 2 aromatic rings. The van der Waals surface area contributed by atoms with Gasteiger partial charge in [-0.25, -0.2) is 0 Å². The molecule has 0 aliphatic rings. The van der Waals surface area contributed by atoms with Crippen LogP contribution in [0, 0.1) is 17.0 Å². The fraction of sp³-hybridized carbons (Fsp3) is 0.125. The summed E-state index contributed by atoms with van der Waals surface area (Å²) in [5.74, 6) is -0.282. The summed E-state index contributed by atoms with van der Waals surface area (Å²) in [6.45, 7) is 1.59. The van der Waals surface area contributed by atoms with Gasteiger partial charge >= 0.3 is 0 Å². The maximum Gasteiger partial charge on any atom is 0.270 e. The van der Waals surface area contributed by atoms with Crippen LogP contribution in [0.3, 0.4) is 0 Å². The van der Waals surface area contributed by atoms with E-state index in [1.54, 1.807) is 12.1 Å². The first kappa shape index (κ1) is 16.2. The topological polar surface area (TPSA) is 98.5 Å². The Kier molecular flexibility index (Phi) is 5.03. The molecule has 0 spiro atoms. The molecule has 0 bridgehead atoms. The third-order valence-corrected chi connectivity index (χ3v) is 2.99. The molecule has 7 nitrogen and oxygen atoms in total. The van der Waals surface area contributed by atoms with Crippen molar-refractivity contribution in [2.75, 3.05) is 11.9 Å². The van der Waals surface area contributed by atoms with Crippen LogP contribution in [0.1, 0.15) is 15.9 Å². The molecule has 1 N–H and O–H groups in total. The third kappa shape index (κ3) is 4.37. The Morgan fingerprint density at radius 1 is 1.30 bits per heavy atom. The number of anilines is 1. The van der Waals surface area contributed by atoms with Gasteiger partial charge in [-0.15, -0.1) is 0 Å². The van der Waals surface area contributed by atoms with Gasteiger partial charge in [0.05, 0.1) is 10.5 Å². The number of hydrogen-bond acceptors (Lipinski definition) is 5. The highest BCUT2D eigenvalue weighted by Crippen LogP contribution is 2.22. The van der Waals surface area contributed by atoms with E-state index < -0.39 is 10.8 Å². The highest BCUT2D eigenvalue weighted by atomic mass is 16.6. The van der Waals surface area contributed by atoms with Crippen LogP contribution in [0.15, 0.2) is 42.5 Å². The van der Waals surface area contributed by atoms with Gasteiger partial charge in [0.1, 0.15) is 5.75 Å². The van der Waals surface area contributed by atoms with Gasteiger partial charge in [-0.2, -0.15) is 0 Å². The lowest BCUT2D eigenvalue weighted by atomic mass is 10.2. The number of aldehydes is 1. The summed E-state index contributed by atoms with van der Waals surface area (Å²) in [5.41, 5.74) is 1.44. The fourth-order valence-electron chi connectivity index (χ4n) is 1.94. The molecule has 1 amide bonds. The fourth-order valence-corrected chi connectivity index (χ4v) is 1.94. The molecule has 7 heteroatoms. The number of carbonyl (C=O) groups is 2. The standard InChI is InChI=1S/C16H14N2O5/c1-11-3-2-4-13(7-11)17-16(20)10-23-15-6-5-14(18(21)22)8-12(15)9-19/h2-9H,10H2,1H3,(H,17,20). The van der Waals surface area contributed by atoms with E-state index in [9.17, 15) is 19.7 Å². The number of ether oxygens (including phenoxy) is 1. The molecule has 0 atom stereocenters. The van der Waals surface area contributed by atoms with Gasteiger partial charge in [0.25, 0.3) is 11.6 Å². The van der Waals surface area contributed by atoms with Crippen molar-refractivity contribution < 1.29 is 19.2 Å². The Morgan fingerprint density at radius 2 is 2.09 bits per heavy atom. The molecule has 0 unspecified atom stereocenters. The number of non-ortho nitro benzene ring substituents is 1. The highest BCUT2D eigenvalue weighted by Gasteiger charge is 2.12. The van der Waals surface area contributed by atoms with Crippen LogP contribution in [0.2, 0.25) is 0 Å². The van der Waals surface area contributed by atoms with Crippen molar-refractivity contribution in [3.05, 3.63) is 63.7 Å². The van der Waals surface area contributed by atoms with E-state index >= 15 is 0 Å². The molecule has 0 fully saturated rings. The SMILES string of the molecule is Cc1cccc(NC(=O)COc2ccc([N+](=O)[O-])cc2C=O)c1. The van der Waals surface area contributed by atoms with Gasteiger partial charge in [0, 0.05) is 17.8 Å². The quantitative estimate of drug-likeness (QED) is 0.502. The first-order chi connectivity index (χ1) is 11.0. The van der Waals surface area contributed by atoms with Gasteiger partial charge in [0.15, 0.2) is 12.9 Å². The molecule has 0 saturated carbocycles. The van der Waals surface area contributed by atoms with Crippen LogP contribution in [-0.2, 0) is 4.79 Å². The predicted octanol–water partition coefficient (Wildman–Crippen LogP) is 2.73. The van der Waals surface area contributed by atoms with Gasteiger partial charge in [-0.3, -0.25) is 19.7 Å². The van der Waals surface area contributed by atoms with E-state index in [0.717, 1.165) is 11.6 Å². The maximum absolute atomic E-state index is 11.8. The molecule has 0 saturated heterocycles. The van der Waals surface area contributed by atoms with Crippen LogP contribution in [0.4, 0.5) is 11.4 Å². The van der Waals surface area contributed by atoms with E-state index in [1.165, 1.54) is 12.1 Å². The van der Waals surface area contributed by atoms with Crippen molar-refractivity contribution in [2.24, 2.45) is 0 Å². The van der Waals surface area contributed by atoms with Crippen molar-refractivity contribution in [1.29, 1.82) is 0 Å².